The highest BCUT2D eigenvalue weighted by molar-refractivity contribution is 6.22. The van der Waals surface area contributed by atoms with E-state index in [0.717, 1.165) is 11.4 Å². The van der Waals surface area contributed by atoms with Crippen molar-refractivity contribution in [3.63, 3.8) is 0 Å². The Balaban J connectivity index is 1.10. The minimum Gasteiger partial charge on any atom is -0.309 e. The fourth-order valence-corrected chi connectivity index (χ4v) is 9.74. The van der Waals surface area contributed by atoms with Crippen LogP contribution in [0.2, 0.25) is 0 Å². The van der Waals surface area contributed by atoms with E-state index in [9.17, 15) is 0 Å². The second kappa shape index (κ2) is 13.9. The second-order valence-corrected chi connectivity index (χ2v) is 15.6. The average molecular weight is 763 g/mol. The molecule has 10 aromatic carbocycles. The number of hydrogen-bond acceptors (Lipinski definition) is 0. The van der Waals surface area contributed by atoms with Crippen molar-refractivity contribution in [1.29, 1.82) is 0 Å². The molecule has 2 aromatic heterocycles. The molecule has 2 nitrogen and oxygen atoms in total. The quantitative estimate of drug-likeness (QED) is 0.160. The fourth-order valence-electron chi connectivity index (χ4n) is 9.74. The number of aromatic nitrogens is 2. The van der Waals surface area contributed by atoms with Crippen molar-refractivity contribution in [3.05, 3.63) is 231 Å². The lowest BCUT2D eigenvalue weighted by Crippen LogP contribution is -1.94. The highest BCUT2D eigenvalue weighted by Gasteiger charge is 2.21. The minimum atomic E-state index is 1.15. The molecule has 0 aliphatic carbocycles. The van der Waals surface area contributed by atoms with E-state index in [2.05, 4.69) is 240 Å². The zero-order chi connectivity index (χ0) is 39.6. The van der Waals surface area contributed by atoms with Gasteiger partial charge in [0.05, 0.1) is 22.1 Å². The van der Waals surface area contributed by atoms with Gasteiger partial charge in [-0.15, -0.1) is 0 Å². The van der Waals surface area contributed by atoms with Crippen molar-refractivity contribution in [2.24, 2.45) is 0 Å². The summed E-state index contributed by atoms with van der Waals surface area (Å²) in [6, 6.07) is 84.2. The van der Waals surface area contributed by atoms with E-state index >= 15 is 0 Å². The van der Waals surface area contributed by atoms with Gasteiger partial charge in [0.2, 0.25) is 0 Å². The first-order chi connectivity index (χ1) is 29.8. The summed E-state index contributed by atoms with van der Waals surface area (Å²) in [6.07, 6.45) is 0. The number of benzene rings is 10. The predicted octanol–water partition coefficient (Wildman–Crippen LogP) is 15.7. The number of nitrogens with zero attached hydrogens (tertiary/aromatic N) is 2. The summed E-state index contributed by atoms with van der Waals surface area (Å²) in [5.41, 5.74) is 16.8. The predicted molar refractivity (Wildman–Crippen MR) is 254 cm³/mol. The SMILES string of the molecule is c1ccc(-c2cccc(-n3c4ccccc4c4c(-c5cccc6cccc(-c7cccc8c7c7ccccc7n8-c7cccc(-c8ccccc8)c7)c56)cccc43)c2)cc1. The van der Waals surface area contributed by atoms with Crippen molar-refractivity contribution < 1.29 is 0 Å². The van der Waals surface area contributed by atoms with E-state index in [1.807, 2.05) is 0 Å². The third-order valence-electron chi connectivity index (χ3n) is 12.3. The Kier molecular flexibility index (Phi) is 7.89. The Morgan fingerprint density at radius 2 is 0.583 bits per heavy atom. The summed E-state index contributed by atoms with van der Waals surface area (Å²) in [5.74, 6) is 0. The zero-order valence-corrected chi connectivity index (χ0v) is 32.8. The molecule has 0 fully saturated rings. The molecule has 12 aromatic rings. The molecule has 280 valence electrons. The van der Waals surface area contributed by atoms with Gasteiger partial charge in [0.1, 0.15) is 0 Å². The minimum absolute atomic E-state index is 1.15. The highest BCUT2D eigenvalue weighted by Crippen LogP contribution is 2.46. The molecular weight excluding hydrogens is 725 g/mol. The lowest BCUT2D eigenvalue weighted by atomic mass is 9.88. The Labute approximate surface area is 348 Å². The molecule has 12 rings (SSSR count). The summed E-state index contributed by atoms with van der Waals surface area (Å²) in [4.78, 5) is 0. The van der Waals surface area contributed by atoms with Crippen LogP contribution in [0.1, 0.15) is 0 Å². The number of para-hydroxylation sites is 2. The third-order valence-corrected chi connectivity index (χ3v) is 12.3. The van der Waals surface area contributed by atoms with E-state index in [4.69, 9.17) is 0 Å². The highest BCUT2D eigenvalue weighted by atomic mass is 15.0. The molecule has 0 aliphatic heterocycles. The number of fused-ring (bicyclic) bond motifs is 7. The largest absolute Gasteiger partial charge is 0.309 e. The van der Waals surface area contributed by atoms with Gasteiger partial charge in [-0.05, 0) is 104 Å². The molecular formula is C58H38N2. The lowest BCUT2D eigenvalue weighted by Gasteiger charge is -2.15. The third kappa shape index (κ3) is 5.35. The van der Waals surface area contributed by atoms with Gasteiger partial charge in [0, 0.05) is 32.9 Å². The fraction of sp³-hybridized carbons (Fsp3) is 0. The topological polar surface area (TPSA) is 9.86 Å². The van der Waals surface area contributed by atoms with Gasteiger partial charge in [0.15, 0.2) is 0 Å². The van der Waals surface area contributed by atoms with Crippen molar-refractivity contribution in [3.8, 4) is 55.9 Å². The van der Waals surface area contributed by atoms with E-state index in [1.54, 1.807) is 0 Å². The molecule has 0 unspecified atom stereocenters. The van der Waals surface area contributed by atoms with Gasteiger partial charge in [0.25, 0.3) is 0 Å². The van der Waals surface area contributed by atoms with Crippen LogP contribution in [0.5, 0.6) is 0 Å². The maximum atomic E-state index is 2.44. The van der Waals surface area contributed by atoms with Gasteiger partial charge in [-0.3, -0.25) is 0 Å². The monoisotopic (exact) mass is 762 g/mol. The van der Waals surface area contributed by atoms with Crippen LogP contribution >= 0.6 is 0 Å². The Bertz CT molecular complexity index is 3350. The van der Waals surface area contributed by atoms with Crippen LogP contribution in [0.25, 0.3) is 110 Å². The summed E-state index contributed by atoms with van der Waals surface area (Å²) < 4.78 is 4.88. The molecule has 0 N–H and O–H groups in total. The Morgan fingerprint density at radius 3 is 1.05 bits per heavy atom. The van der Waals surface area contributed by atoms with Gasteiger partial charge >= 0.3 is 0 Å². The van der Waals surface area contributed by atoms with E-state index in [0.29, 0.717) is 0 Å². The molecule has 2 heterocycles. The molecule has 0 saturated carbocycles. The normalized spacial score (nSPS) is 11.7. The van der Waals surface area contributed by atoms with Gasteiger partial charge in [-0.25, -0.2) is 0 Å². The molecule has 60 heavy (non-hydrogen) atoms. The van der Waals surface area contributed by atoms with Crippen LogP contribution in [-0.2, 0) is 0 Å². The summed E-state index contributed by atoms with van der Waals surface area (Å²) in [7, 11) is 0. The molecule has 0 spiro atoms. The summed E-state index contributed by atoms with van der Waals surface area (Å²) in [5, 5.41) is 7.47. The maximum Gasteiger partial charge on any atom is 0.0547 e. The van der Waals surface area contributed by atoms with Crippen molar-refractivity contribution >= 4 is 54.4 Å². The molecule has 0 bridgehead atoms. The molecule has 0 atom stereocenters. The Morgan fingerprint density at radius 1 is 0.233 bits per heavy atom. The van der Waals surface area contributed by atoms with E-state index < -0.39 is 0 Å². The van der Waals surface area contributed by atoms with Crippen LogP contribution < -0.4 is 0 Å². The van der Waals surface area contributed by atoms with Crippen molar-refractivity contribution in [2.75, 3.05) is 0 Å². The summed E-state index contributed by atoms with van der Waals surface area (Å²) >= 11 is 0. The Hall–Kier alpha value is -7.94. The first-order valence-electron chi connectivity index (χ1n) is 20.7. The van der Waals surface area contributed by atoms with Crippen molar-refractivity contribution in [1.82, 2.24) is 9.13 Å². The van der Waals surface area contributed by atoms with E-state index in [-0.39, 0.29) is 0 Å². The smallest absolute Gasteiger partial charge is 0.0547 e. The lowest BCUT2D eigenvalue weighted by molar-refractivity contribution is 1.18. The first-order valence-corrected chi connectivity index (χ1v) is 20.7. The van der Waals surface area contributed by atoms with Crippen LogP contribution in [0.3, 0.4) is 0 Å². The van der Waals surface area contributed by atoms with Crippen LogP contribution in [-0.4, -0.2) is 9.13 Å². The maximum absolute atomic E-state index is 2.44. The molecule has 0 saturated heterocycles. The zero-order valence-electron chi connectivity index (χ0n) is 32.8. The standard InChI is InChI=1S/C58H38N2/c1-3-17-39(18-4-1)42-23-11-25-44(37-42)59-52-33-9-7-27-50(52)57-48(31-15-35-54(57)59)46-29-13-21-41-22-14-30-47(56(41)46)49-32-16-36-55-58(49)51-28-8-10-34-53(51)60(55)45-26-12-24-43(38-45)40-19-5-2-6-20-40/h1-38H. The summed E-state index contributed by atoms with van der Waals surface area (Å²) in [6.45, 7) is 0. The number of rotatable bonds is 6. The molecule has 0 aliphatic rings. The molecule has 2 heteroatoms. The molecule has 0 radical (unpaired) electrons. The van der Waals surface area contributed by atoms with Crippen LogP contribution in [0.15, 0.2) is 231 Å². The van der Waals surface area contributed by atoms with Crippen LogP contribution in [0.4, 0.5) is 0 Å². The van der Waals surface area contributed by atoms with Gasteiger partial charge < -0.3 is 9.13 Å². The van der Waals surface area contributed by atoms with Gasteiger partial charge in [-0.2, -0.15) is 0 Å². The number of hydrogen-bond donors (Lipinski definition) is 0. The van der Waals surface area contributed by atoms with Gasteiger partial charge in [-0.1, -0.05) is 182 Å². The first kappa shape index (κ1) is 34.1. The average Bonchev–Trinajstić information content (AvgIpc) is 3.85. The second-order valence-electron chi connectivity index (χ2n) is 15.6. The van der Waals surface area contributed by atoms with Crippen LogP contribution in [0, 0.1) is 0 Å². The van der Waals surface area contributed by atoms with E-state index in [1.165, 1.54) is 98.9 Å². The van der Waals surface area contributed by atoms with Crippen molar-refractivity contribution in [2.45, 2.75) is 0 Å². The molecule has 0 amide bonds.